The molecular weight excluding hydrogens is 430 g/mol. The molecule has 1 aliphatic carbocycles. The highest BCUT2D eigenvalue weighted by Crippen LogP contribution is 2.37. The molecule has 2 unspecified atom stereocenters. The molecule has 3 aliphatic rings. The van der Waals surface area contributed by atoms with Crippen LogP contribution in [0.15, 0.2) is 5.38 Å². The van der Waals surface area contributed by atoms with Crippen molar-refractivity contribution in [2.24, 2.45) is 5.92 Å². The van der Waals surface area contributed by atoms with Crippen molar-refractivity contribution in [1.82, 2.24) is 20.1 Å². The van der Waals surface area contributed by atoms with E-state index in [0.717, 1.165) is 42.9 Å². The Bertz CT molecular complexity index is 856. The van der Waals surface area contributed by atoms with Crippen molar-refractivity contribution in [1.29, 1.82) is 0 Å². The van der Waals surface area contributed by atoms with Crippen molar-refractivity contribution >= 4 is 34.3 Å². The molecule has 2 saturated heterocycles. The van der Waals surface area contributed by atoms with Gasteiger partial charge in [-0.2, -0.15) is 0 Å². The third-order valence-corrected chi connectivity index (χ3v) is 7.57. The number of ether oxygens (including phenoxy) is 1. The van der Waals surface area contributed by atoms with Crippen LogP contribution >= 0.6 is 11.3 Å². The molecule has 1 aromatic heterocycles. The maximum Gasteiger partial charge on any atom is 0.325 e. The summed E-state index contributed by atoms with van der Waals surface area (Å²) in [5.41, 5.74) is 0.0531. The Labute approximate surface area is 192 Å². The first-order chi connectivity index (χ1) is 15.3. The molecule has 4 rings (SSSR count). The normalized spacial score (nSPS) is 31.2. The Morgan fingerprint density at radius 1 is 1.28 bits per heavy atom. The number of urea groups is 1. The second-order valence-electron chi connectivity index (χ2n) is 9.40. The van der Waals surface area contributed by atoms with Crippen molar-refractivity contribution in [3.05, 3.63) is 11.1 Å². The van der Waals surface area contributed by atoms with Gasteiger partial charge >= 0.3 is 6.03 Å². The Kier molecular flexibility index (Phi) is 6.83. The molecule has 3 fully saturated rings. The van der Waals surface area contributed by atoms with Crippen molar-refractivity contribution < 1.29 is 19.1 Å². The van der Waals surface area contributed by atoms with Gasteiger partial charge in [0.1, 0.15) is 12.1 Å². The average molecular weight is 464 g/mol. The number of aromatic nitrogens is 1. The van der Waals surface area contributed by atoms with Crippen LogP contribution in [0, 0.1) is 5.92 Å². The summed E-state index contributed by atoms with van der Waals surface area (Å²) in [6.45, 7) is 8.36. The molecule has 32 heavy (non-hydrogen) atoms. The van der Waals surface area contributed by atoms with Gasteiger partial charge in [-0.15, -0.1) is 11.3 Å². The number of carbonyl (C=O) groups is 3. The van der Waals surface area contributed by atoms with Crippen molar-refractivity contribution in [2.45, 2.75) is 77.2 Å². The second kappa shape index (κ2) is 9.44. The fraction of sp³-hybridized carbons (Fsp3) is 0.727. The number of morpholine rings is 1. The molecule has 4 amide bonds. The number of rotatable bonds is 6. The van der Waals surface area contributed by atoms with Gasteiger partial charge in [0, 0.05) is 25.0 Å². The number of nitrogens with zero attached hydrogens (tertiary/aromatic N) is 3. The summed E-state index contributed by atoms with van der Waals surface area (Å²) >= 11 is 1.35. The third kappa shape index (κ3) is 4.97. The lowest BCUT2D eigenvalue weighted by molar-refractivity contribution is -0.135. The van der Waals surface area contributed by atoms with E-state index in [2.05, 4.69) is 41.3 Å². The molecule has 2 aliphatic heterocycles. The van der Waals surface area contributed by atoms with E-state index in [9.17, 15) is 14.4 Å². The van der Waals surface area contributed by atoms with Crippen LogP contribution in [0.25, 0.3) is 0 Å². The SMILES string of the molecule is CCC1CCC2(CC1)NC(=O)N(CC(=O)Nc1nc(CN3CC(C)OC(C)C3)cs1)C2=O. The molecule has 176 valence electrons. The molecule has 0 bridgehead atoms. The average Bonchev–Trinajstić information content (AvgIpc) is 3.25. The predicted molar refractivity (Wildman–Crippen MR) is 121 cm³/mol. The minimum atomic E-state index is -0.830. The molecule has 0 radical (unpaired) electrons. The molecule has 2 N–H and O–H groups in total. The van der Waals surface area contributed by atoms with Crippen LogP contribution in [0.2, 0.25) is 0 Å². The van der Waals surface area contributed by atoms with Crippen LogP contribution < -0.4 is 10.6 Å². The van der Waals surface area contributed by atoms with Crippen molar-refractivity contribution in [3.8, 4) is 0 Å². The zero-order chi connectivity index (χ0) is 22.9. The van der Waals surface area contributed by atoms with E-state index in [1.807, 2.05) is 5.38 Å². The highest BCUT2D eigenvalue weighted by Gasteiger charge is 2.52. The van der Waals surface area contributed by atoms with E-state index in [0.29, 0.717) is 30.4 Å². The second-order valence-corrected chi connectivity index (χ2v) is 10.3. The quantitative estimate of drug-likeness (QED) is 0.629. The summed E-state index contributed by atoms with van der Waals surface area (Å²) in [5.74, 6) is -0.0874. The minimum Gasteiger partial charge on any atom is -0.373 e. The van der Waals surface area contributed by atoms with Gasteiger partial charge in [0.25, 0.3) is 5.91 Å². The lowest BCUT2D eigenvalue weighted by Crippen LogP contribution is -2.49. The van der Waals surface area contributed by atoms with E-state index in [1.165, 1.54) is 11.3 Å². The Morgan fingerprint density at radius 3 is 2.62 bits per heavy atom. The van der Waals surface area contributed by atoms with Crippen LogP contribution in [-0.4, -0.2) is 70.0 Å². The molecule has 0 aromatic carbocycles. The number of hydrogen-bond acceptors (Lipinski definition) is 7. The zero-order valence-corrected chi connectivity index (χ0v) is 19.9. The number of hydrogen-bond donors (Lipinski definition) is 2. The fourth-order valence-corrected chi connectivity index (χ4v) is 5.84. The monoisotopic (exact) mass is 463 g/mol. The number of nitrogens with one attached hydrogen (secondary N) is 2. The van der Waals surface area contributed by atoms with E-state index in [1.54, 1.807) is 0 Å². The number of amides is 4. The minimum absolute atomic E-state index is 0.181. The Hall–Kier alpha value is -2.04. The summed E-state index contributed by atoms with van der Waals surface area (Å²) in [7, 11) is 0. The molecule has 1 saturated carbocycles. The van der Waals surface area contributed by atoms with Gasteiger partial charge in [0.05, 0.1) is 17.9 Å². The van der Waals surface area contributed by atoms with E-state index < -0.39 is 17.5 Å². The topological polar surface area (TPSA) is 104 Å². The van der Waals surface area contributed by atoms with Crippen molar-refractivity contribution in [3.63, 3.8) is 0 Å². The number of imide groups is 1. The molecule has 2 atom stereocenters. The van der Waals surface area contributed by atoms with Gasteiger partial charge < -0.3 is 15.4 Å². The van der Waals surface area contributed by atoms with Crippen molar-refractivity contribution in [2.75, 3.05) is 25.0 Å². The number of carbonyl (C=O) groups excluding carboxylic acids is 3. The molecule has 1 aromatic rings. The van der Waals surface area contributed by atoms with Gasteiger partial charge in [-0.25, -0.2) is 9.78 Å². The standard InChI is InChI=1S/C22H33N5O4S/c1-4-16-5-7-22(8-6-16)19(29)27(21(30)25-22)12-18(28)24-20-23-17(13-32-20)11-26-9-14(2)31-15(3)10-26/h13-16H,4-12H2,1-3H3,(H,25,30)(H,23,24,28). The number of anilines is 1. The maximum absolute atomic E-state index is 13.0. The Morgan fingerprint density at radius 2 is 1.97 bits per heavy atom. The molecule has 10 heteroatoms. The number of thiazole rings is 1. The molecular formula is C22H33N5O4S. The van der Waals surface area contributed by atoms with Gasteiger partial charge in [0.15, 0.2) is 5.13 Å². The van der Waals surface area contributed by atoms with E-state index >= 15 is 0 Å². The van der Waals surface area contributed by atoms with Gasteiger partial charge in [-0.1, -0.05) is 13.3 Å². The zero-order valence-electron chi connectivity index (χ0n) is 19.1. The lowest BCUT2D eigenvalue weighted by Gasteiger charge is -2.34. The first kappa shape index (κ1) is 23.1. The highest BCUT2D eigenvalue weighted by molar-refractivity contribution is 7.13. The first-order valence-electron chi connectivity index (χ1n) is 11.5. The summed E-state index contributed by atoms with van der Waals surface area (Å²) < 4.78 is 5.76. The summed E-state index contributed by atoms with van der Waals surface area (Å²) in [4.78, 5) is 45.9. The smallest absolute Gasteiger partial charge is 0.325 e. The lowest BCUT2D eigenvalue weighted by atomic mass is 9.75. The predicted octanol–water partition coefficient (Wildman–Crippen LogP) is 2.58. The summed E-state index contributed by atoms with van der Waals surface area (Å²) in [6, 6.07) is -0.476. The molecule has 9 nitrogen and oxygen atoms in total. The van der Waals surface area contributed by atoms with Gasteiger partial charge in [0.2, 0.25) is 5.91 Å². The first-order valence-corrected chi connectivity index (χ1v) is 12.4. The van der Waals surface area contributed by atoms with Gasteiger partial charge in [-0.05, 0) is 45.4 Å². The fourth-order valence-electron chi connectivity index (χ4n) is 5.12. The van der Waals surface area contributed by atoms with Gasteiger partial charge in [-0.3, -0.25) is 19.4 Å². The van der Waals surface area contributed by atoms with E-state index in [4.69, 9.17) is 4.74 Å². The largest absolute Gasteiger partial charge is 0.373 e. The van der Waals surface area contributed by atoms with E-state index in [-0.39, 0.29) is 24.7 Å². The maximum atomic E-state index is 13.0. The van der Waals surface area contributed by atoms with Crippen LogP contribution in [0.1, 0.15) is 58.6 Å². The molecule has 1 spiro atoms. The van der Waals surface area contributed by atoms with Crippen LogP contribution in [0.4, 0.5) is 9.93 Å². The van der Waals surface area contributed by atoms with Crippen LogP contribution in [-0.2, 0) is 20.9 Å². The Balaban J connectivity index is 1.30. The highest BCUT2D eigenvalue weighted by atomic mass is 32.1. The summed E-state index contributed by atoms with van der Waals surface area (Å²) in [6.07, 6.45) is 4.58. The van der Waals surface area contributed by atoms with Crippen LogP contribution in [0.3, 0.4) is 0 Å². The molecule has 3 heterocycles. The van der Waals surface area contributed by atoms with Crippen LogP contribution in [0.5, 0.6) is 0 Å². The third-order valence-electron chi connectivity index (χ3n) is 6.76. The summed E-state index contributed by atoms with van der Waals surface area (Å²) in [5, 5.41) is 8.01.